The monoisotopic (exact) mass is 416 g/mol. The molecule has 1 saturated heterocycles. The van der Waals surface area contributed by atoms with Crippen molar-refractivity contribution in [2.24, 2.45) is 5.92 Å². The average molecular weight is 416 g/mol. The van der Waals surface area contributed by atoms with Crippen molar-refractivity contribution in [3.05, 3.63) is 71.3 Å². The predicted molar refractivity (Wildman–Crippen MR) is 109 cm³/mol. The predicted octanol–water partition coefficient (Wildman–Crippen LogP) is 3.60. The van der Waals surface area contributed by atoms with E-state index in [1.807, 2.05) is 13.8 Å². The summed E-state index contributed by atoms with van der Waals surface area (Å²) < 4.78 is 32.9. The third kappa shape index (κ3) is 5.63. The van der Waals surface area contributed by atoms with E-state index in [0.29, 0.717) is 26.2 Å². The van der Waals surface area contributed by atoms with Gasteiger partial charge in [-0.15, -0.1) is 0 Å². The van der Waals surface area contributed by atoms with Crippen LogP contribution in [0.1, 0.15) is 34.6 Å². The molecule has 160 valence electrons. The van der Waals surface area contributed by atoms with Gasteiger partial charge in [-0.2, -0.15) is 0 Å². The van der Waals surface area contributed by atoms with Gasteiger partial charge in [0.05, 0.1) is 12.7 Å². The van der Waals surface area contributed by atoms with Crippen LogP contribution >= 0.6 is 0 Å². The van der Waals surface area contributed by atoms with E-state index in [-0.39, 0.29) is 41.5 Å². The average Bonchev–Trinajstić information content (AvgIpc) is 2.72. The van der Waals surface area contributed by atoms with Crippen LogP contribution in [0.2, 0.25) is 0 Å². The minimum Gasteiger partial charge on any atom is -0.373 e. The summed E-state index contributed by atoms with van der Waals surface area (Å²) in [5, 5.41) is 0. The van der Waals surface area contributed by atoms with Crippen molar-refractivity contribution in [1.29, 1.82) is 0 Å². The first-order chi connectivity index (χ1) is 14.3. The second-order valence-corrected chi connectivity index (χ2v) is 7.87. The van der Waals surface area contributed by atoms with Crippen molar-refractivity contribution in [2.45, 2.75) is 20.0 Å². The zero-order chi connectivity index (χ0) is 21.7. The SMILES string of the molecule is CC(C)CN(CC1CN(C(=O)c2cccc(F)c2)CCO1)C(=O)c1cccc(F)c1. The van der Waals surface area contributed by atoms with E-state index >= 15 is 0 Å². The maximum atomic E-state index is 13.6. The van der Waals surface area contributed by atoms with Crippen LogP contribution in [-0.4, -0.2) is 60.5 Å². The largest absolute Gasteiger partial charge is 0.373 e. The lowest BCUT2D eigenvalue weighted by atomic mass is 10.1. The molecule has 1 heterocycles. The van der Waals surface area contributed by atoms with Crippen LogP contribution < -0.4 is 0 Å². The van der Waals surface area contributed by atoms with Crippen molar-refractivity contribution >= 4 is 11.8 Å². The molecular formula is C23H26F2N2O3. The van der Waals surface area contributed by atoms with Crippen molar-refractivity contribution in [2.75, 3.05) is 32.8 Å². The van der Waals surface area contributed by atoms with E-state index < -0.39 is 11.6 Å². The Bertz CT molecular complexity index is 904. The Balaban J connectivity index is 1.71. The molecule has 1 atom stereocenters. The Morgan fingerprint density at radius 2 is 1.73 bits per heavy atom. The van der Waals surface area contributed by atoms with Gasteiger partial charge in [0.15, 0.2) is 0 Å². The van der Waals surface area contributed by atoms with Gasteiger partial charge in [0.25, 0.3) is 11.8 Å². The number of ether oxygens (including phenoxy) is 1. The first-order valence-corrected chi connectivity index (χ1v) is 10.0. The molecule has 0 N–H and O–H groups in total. The third-order valence-corrected chi connectivity index (χ3v) is 4.87. The first-order valence-electron chi connectivity index (χ1n) is 10.0. The molecule has 2 amide bonds. The number of amides is 2. The van der Waals surface area contributed by atoms with Crippen molar-refractivity contribution in [3.8, 4) is 0 Å². The topological polar surface area (TPSA) is 49.9 Å². The number of hydrogen-bond acceptors (Lipinski definition) is 3. The molecule has 0 saturated carbocycles. The van der Waals surface area contributed by atoms with Crippen LogP contribution in [0.4, 0.5) is 8.78 Å². The van der Waals surface area contributed by atoms with Crippen LogP contribution in [-0.2, 0) is 4.74 Å². The van der Waals surface area contributed by atoms with Gasteiger partial charge in [-0.25, -0.2) is 8.78 Å². The number of halogens is 2. The normalized spacial score (nSPS) is 16.6. The van der Waals surface area contributed by atoms with Gasteiger partial charge in [0, 0.05) is 37.3 Å². The number of carbonyl (C=O) groups is 2. The fraction of sp³-hybridized carbons (Fsp3) is 0.391. The van der Waals surface area contributed by atoms with E-state index in [1.54, 1.807) is 21.9 Å². The summed E-state index contributed by atoms with van der Waals surface area (Å²) in [5.41, 5.74) is 0.560. The zero-order valence-corrected chi connectivity index (χ0v) is 17.2. The Hall–Kier alpha value is -2.80. The first kappa shape index (κ1) is 21.9. The molecule has 3 rings (SSSR count). The number of nitrogens with zero attached hydrogens (tertiary/aromatic N) is 2. The van der Waals surface area contributed by atoms with E-state index in [0.717, 1.165) is 0 Å². The smallest absolute Gasteiger partial charge is 0.254 e. The highest BCUT2D eigenvalue weighted by Crippen LogP contribution is 2.16. The summed E-state index contributed by atoms with van der Waals surface area (Å²) in [4.78, 5) is 29.0. The fourth-order valence-corrected chi connectivity index (χ4v) is 3.55. The third-order valence-electron chi connectivity index (χ3n) is 4.87. The fourth-order valence-electron chi connectivity index (χ4n) is 3.55. The second-order valence-electron chi connectivity index (χ2n) is 7.87. The maximum absolute atomic E-state index is 13.6. The van der Waals surface area contributed by atoms with Gasteiger partial charge in [0.1, 0.15) is 11.6 Å². The van der Waals surface area contributed by atoms with Crippen molar-refractivity contribution < 1.29 is 23.1 Å². The zero-order valence-electron chi connectivity index (χ0n) is 17.2. The Kier molecular flexibility index (Phi) is 7.15. The molecule has 30 heavy (non-hydrogen) atoms. The molecule has 7 heteroatoms. The van der Waals surface area contributed by atoms with E-state index in [9.17, 15) is 18.4 Å². The molecule has 5 nitrogen and oxygen atoms in total. The van der Waals surface area contributed by atoms with Crippen LogP contribution in [0.5, 0.6) is 0 Å². The lowest BCUT2D eigenvalue weighted by molar-refractivity contribution is -0.0340. The van der Waals surface area contributed by atoms with Gasteiger partial charge < -0.3 is 14.5 Å². The number of rotatable bonds is 6. The number of hydrogen-bond donors (Lipinski definition) is 0. The van der Waals surface area contributed by atoms with Crippen molar-refractivity contribution in [1.82, 2.24) is 9.80 Å². The minimum atomic E-state index is -0.467. The quantitative estimate of drug-likeness (QED) is 0.723. The van der Waals surface area contributed by atoms with Crippen LogP contribution in [0.15, 0.2) is 48.5 Å². The maximum Gasteiger partial charge on any atom is 0.254 e. The highest BCUT2D eigenvalue weighted by Gasteiger charge is 2.29. The van der Waals surface area contributed by atoms with Gasteiger partial charge in [-0.3, -0.25) is 9.59 Å². The molecule has 1 fully saturated rings. The van der Waals surface area contributed by atoms with Gasteiger partial charge in [-0.05, 0) is 42.3 Å². The lowest BCUT2D eigenvalue weighted by Crippen LogP contribution is -2.51. The molecule has 1 unspecified atom stereocenters. The lowest BCUT2D eigenvalue weighted by Gasteiger charge is -2.36. The molecule has 0 bridgehead atoms. The number of benzene rings is 2. The number of carbonyl (C=O) groups excluding carboxylic acids is 2. The summed E-state index contributed by atoms with van der Waals surface area (Å²) in [5.74, 6) is -1.27. The molecule has 2 aromatic rings. The Labute approximate surface area is 175 Å². The summed E-state index contributed by atoms with van der Waals surface area (Å²) >= 11 is 0. The standard InChI is InChI=1S/C23H26F2N2O3/c1-16(2)13-27(23(29)18-6-4-8-20(25)12-18)15-21-14-26(9-10-30-21)22(28)17-5-3-7-19(24)11-17/h3-8,11-12,16,21H,9-10,13-15H2,1-2H3. The Morgan fingerprint density at radius 1 is 1.10 bits per heavy atom. The van der Waals surface area contributed by atoms with Gasteiger partial charge >= 0.3 is 0 Å². The van der Waals surface area contributed by atoms with E-state index in [2.05, 4.69) is 0 Å². The summed E-state index contributed by atoms with van der Waals surface area (Å²) in [6.07, 6.45) is -0.382. The molecular weight excluding hydrogens is 390 g/mol. The van der Waals surface area contributed by atoms with Crippen LogP contribution in [0.3, 0.4) is 0 Å². The van der Waals surface area contributed by atoms with Crippen molar-refractivity contribution in [3.63, 3.8) is 0 Å². The highest BCUT2D eigenvalue weighted by molar-refractivity contribution is 5.95. The Morgan fingerprint density at radius 3 is 2.37 bits per heavy atom. The molecule has 0 spiro atoms. The highest BCUT2D eigenvalue weighted by atomic mass is 19.1. The molecule has 2 aromatic carbocycles. The van der Waals surface area contributed by atoms with E-state index in [1.165, 1.54) is 36.4 Å². The molecule has 0 radical (unpaired) electrons. The summed E-state index contributed by atoms with van der Waals surface area (Å²) in [7, 11) is 0. The molecule has 1 aliphatic rings. The van der Waals surface area contributed by atoms with E-state index in [4.69, 9.17) is 4.74 Å². The molecule has 0 aromatic heterocycles. The molecule has 0 aliphatic carbocycles. The number of morpholine rings is 1. The van der Waals surface area contributed by atoms with Gasteiger partial charge in [0.2, 0.25) is 0 Å². The second kappa shape index (κ2) is 9.80. The van der Waals surface area contributed by atoms with Gasteiger partial charge in [-0.1, -0.05) is 26.0 Å². The van der Waals surface area contributed by atoms with Crippen LogP contribution in [0, 0.1) is 17.6 Å². The minimum absolute atomic E-state index is 0.205. The van der Waals surface area contributed by atoms with Crippen LogP contribution in [0.25, 0.3) is 0 Å². The summed E-state index contributed by atoms with van der Waals surface area (Å²) in [6.45, 7) is 5.76. The summed E-state index contributed by atoms with van der Waals surface area (Å²) in [6, 6.07) is 11.2. The molecule has 1 aliphatic heterocycles.